The number of aliphatic hydroxyl groups is 1. The maximum Gasteiger partial charge on any atom is 0.0960 e. The minimum atomic E-state index is -0.490. The third-order valence-corrected chi connectivity index (χ3v) is 4.72. The van der Waals surface area contributed by atoms with E-state index in [0.717, 1.165) is 12.2 Å². The SMILES string of the molecule is OC1(c2ccc3c(c2)COC3)C2CCCC21. The lowest BCUT2D eigenvalue weighted by Crippen LogP contribution is -2.13. The molecule has 1 aliphatic heterocycles. The highest BCUT2D eigenvalue weighted by Crippen LogP contribution is 2.66. The molecule has 1 heterocycles. The summed E-state index contributed by atoms with van der Waals surface area (Å²) in [5.74, 6) is 1.07. The zero-order valence-corrected chi connectivity index (χ0v) is 9.28. The average Bonchev–Trinajstić information content (AvgIpc) is 2.80. The Balaban J connectivity index is 1.74. The van der Waals surface area contributed by atoms with Gasteiger partial charge in [0.15, 0.2) is 0 Å². The van der Waals surface area contributed by atoms with E-state index in [0.29, 0.717) is 18.4 Å². The van der Waals surface area contributed by atoms with Crippen LogP contribution in [0, 0.1) is 11.8 Å². The van der Waals surface area contributed by atoms with Gasteiger partial charge in [-0.15, -0.1) is 0 Å². The summed E-state index contributed by atoms with van der Waals surface area (Å²) in [6, 6.07) is 6.40. The molecule has 2 aliphatic carbocycles. The summed E-state index contributed by atoms with van der Waals surface area (Å²) in [6.45, 7) is 1.45. The van der Waals surface area contributed by atoms with Crippen LogP contribution in [0.15, 0.2) is 18.2 Å². The normalized spacial score (nSPS) is 39.6. The van der Waals surface area contributed by atoms with Crippen LogP contribution in [0.4, 0.5) is 0 Å². The predicted molar refractivity (Wildman–Crippen MR) is 59.7 cm³/mol. The molecule has 1 aromatic carbocycles. The zero-order valence-electron chi connectivity index (χ0n) is 9.28. The summed E-state index contributed by atoms with van der Waals surface area (Å²) in [4.78, 5) is 0. The Morgan fingerprint density at radius 3 is 2.69 bits per heavy atom. The molecule has 2 unspecified atom stereocenters. The second kappa shape index (κ2) is 2.88. The molecule has 2 heteroatoms. The molecule has 2 saturated carbocycles. The summed E-state index contributed by atoms with van der Waals surface area (Å²) < 4.78 is 5.42. The Bertz CT molecular complexity index is 442. The van der Waals surface area contributed by atoms with E-state index in [2.05, 4.69) is 18.2 Å². The monoisotopic (exact) mass is 216 g/mol. The Labute approximate surface area is 95.2 Å². The fourth-order valence-electron chi connectivity index (χ4n) is 3.77. The van der Waals surface area contributed by atoms with Crippen molar-refractivity contribution in [1.29, 1.82) is 0 Å². The molecule has 0 radical (unpaired) electrons. The van der Waals surface area contributed by atoms with Gasteiger partial charge < -0.3 is 9.84 Å². The number of benzene rings is 1. The average molecular weight is 216 g/mol. The molecule has 1 aromatic rings. The minimum Gasteiger partial charge on any atom is -0.385 e. The molecule has 2 fully saturated rings. The van der Waals surface area contributed by atoms with Crippen molar-refractivity contribution in [2.45, 2.75) is 38.1 Å². The highest BCUT2D eigenvalue weighted by atomic mass is 16.5. The summed E-state index contributed by atoms with van der Waals surface area (Å²) in [7, 11) is 0. The Hall–Kier alpha value is -0.860. The molecular formula is C14H16O2. The maximum absolute atomic E-state index is 10.7. The standard InChI is InChI=1S/C14H16O2/c15-14(12-2-1-3-13(12)14)11-5-4-9-7-16-8-10(9)6-11/h4-6,12-13,15H,1-3,7-8H2. The van der Waals surface area contributed by atoms with Crippen LogP contribution in [-0.4, -0.2) is 5.11 Å². The van der Waals surface area contributed by atoms with Gasteiger partial charge in [-0.05, 0) is 41.4 Å². The van der Waals surface area contributed by atoms with Crippen LogP contribution in [0.25, 0.3) is 0 Å². The van der Waals surface area contributed by atoms with Gasteiger partial charge in [-0.1, -0.05) is 24.6 Å². The van der Waals surface area contributed by atoms with Crippen molar-refractivity contribution in [3.8, 4) is 0 Å². The summed E-state index contributed by atoms with van der Waals surface area (Å²) >= 11 is 0. The number of hydrogen-bond acceptors (Lipinski definition) is 2. The first-order valence-electron chi connectivity index (χ1n) is 6.22. The van der Waals surface area contributed by atoms with Gasteiger partial charge in [0.05, 0.1) is 18.8 Å². The van der Waals surface area contributed by atoms with Crippen molar-refractivity contribution in [2.24, 2.45) is 11.8 Å². The van der Waals surface area contributed by atoms with E-state index in [9.17, 15) is 5.11 Å². The molecule has 0 bridgehead atoms. The van der Waals surface area contributed by atoms with Crippen LogP contribution in [0.3, 0.4) is 0 Å². The van der Waals surface area contributed by atoms with Crippen molar-refractivity contribution in [3.05, 3.63) is 34.9 Å². The first-order valence-corrected chi connectivity index (χ1v) is 6.22. The lowest BCUT2D eigenvalue weighted by molar-refractivity contribution is 0.105. The first-order chi connectivity index (χ1) is 7.80. The molecule has 0 spiro atoms. The van der Waals surface area contributed by atoms with Gasteiger partial charge >= 0.3 is 0 Å². The smallest absolute Gasteiger partial charge is 0.0960 e. The van der Waals surface area contributed by atoms with Crippen molar-refractivity contribution in [1.82, 2.24) is 0 Å². The van der Waals surface area contributed by atoms with Gasteiger partial charge in [0.25, 0.3) is 0 Å². The number of hydrogen-bond donors (Lipinski definition) is 1. The topological polar surface area (TPSA) is 29.5 Å². The number of fused-ring (bicyclic) bond motifs is 2. The molecular weight excluding hydrogens is 200 g/mol. The van der Waals surface area contributed by atoms with Crippen molar-refractivity contribution in [2.75, 3.05) is 0 Å². The summed E-state index contributed by atoms with van der Waals surface area (Å²) in [6.07, 6.45) is 3.70. The van der Waals surface area contributed by atoms with Gasteiger partial charge in [-0.25, -0.2) is 0 Å². The van der Waals surface area contributed by atoms with Crippen molar-refractivity contribution in [3.63, 3.8) is 0 Å². The quantitative estimate of drug-likeness (QED) is 0.780. The maximum atomic E-state index is 10.7. The van der Waals surface area contributed by atoms with Crippen LogP contribution in [0.1, 0.15) is 36.0 Å². The molecule has 84 valence electrons. The summed E-state index contributed by atoms with van der Waals surface area (Å²) in [5.41, 5.74) is 3.20. The number of ether oxygens (including phenoxy) is 1. The number of rotatable bonds is 1. The summed E-state index contributed by atoms with van der Waals surface area (Å²) in [5, 5.41) is 10.7. The van der Waals surface area contributed by atoms with Gasteiger partial charge in [-0.2, -0.15) is 0 Å². The van der Waals surface area contributed by atoms with E-state index in [-0.39, 0.29) is 0 Å². The predicted octanol–water partition coefficient (Wildman–Crippen LogP) is 2.33. The van der Waals surface area contributed by atoms with Gasteiger partial charge in [0.1, 0.15) is 0 Å². The third kappa shape index (κ3) is 0.994. The fourth-order valence-corrected chi connectivity index (χ4v) is 3.77. The lowest BCUT2D eigenvalue weighted by atomic mass is 9.96. The Morgan fingerprint density at radius 2 is 1.88 bits per heavy atom. The van der Waals surface area contributed by atoms with Crippen molar-refractivity contribution >= 4 is 0 Å². The Kier molecular flexibility index (Phi) is 1.65. The molecule has 0 amide bonds. The van der Waals surface area contributed by atoms with Gasteiger partial charge in [-0.3, -0.25) is 0 Å². The van der Waals surface area contributed by atoms with E-state index >= 15 is 0 Å². The van der Waals surface area contributed by atoms with Crippen molar-refractivity contribution < 1.29 is 9.84 Å². The first kappa shape index (κ1) is 9.20. The highest BCUT2D eigenvalue weighted by molar-refractivity contribution is 5.40. The molecule has 0 aromatic heterocycles. The fraction of sp³-hybridized carbons (Fsp3) is 0.571. The third-order valence-electron chi connectivity index (χ3n) is 4.72. The van der Waals surface area contributed by atoms with E-state index in [1.807, 2.05) is 0 Å². The zero-order chi connectivity index (χ0) is 10.8. The minimum absolute atomic E-state index is 0.490. The van der Waals surface area contributed by atoms with Gasteiger partial charge in [0, 0.05) is 0 Å². The molecule has 2 nitrogen and oxygen atoms in total. The molecule has 2 atom stereocenters. The van der Waals surface area contributed by atoms with Crippen LogP contribution >= 0.6 is 0 Å². The Morgan fingerprint density at radius 1 is 1.12 bits per heavy atom. The molecule has 4 rings (SSSR count). The van der Waals surface area contributed by atoms with E-state index in [1.165, 1.54) is 30.4 Å². The van der Waals surface area contributed by atoms with E-state index in [4.69, 9.17) is 4.74 Å². The molecule has 16 heavy (non-hydrogen) atoms. The van der Waals surface area contributed by atoms with Crippen LogP contribution < -0.4 is 0 Å². The lowest BCUT2D eigenvalue weighted by Gasteiger charge is -2.15. The van der Waals surface area contributed by atoms with Gasteiger partial charge in [0.2, 0.25) is 0 Å². The molecule has 0 saturated heterocycles. The highest BCUT2D eigenvalue weighted by Gasteiger charge is 2.66. The molecule has 3 aliphatic rings. The van der Waals surface area contributed by atoms with Crippen LogP contribution in [0.5, 0.6) is 0 Å². The molecule has 1 N–H and O–H groups in total. The second-order valence-corrected chi connectivity index (χ2v) is 5.45. The van der Waals surface area contributed by atoms with Crippen LogP contribution in [-0.2, 0) is 23.6 Å². The van der Waals surface area contributed by atoms with Crippen LogP contribution in [0.2, 0.25) is 0 Å². The second-order valence-electron chi connectivity index (χ2n) is 5.45. The van der Waals surface area contributed by atoms with E-state index in [1.54, 1.807) is 0 Å². The largest absolute Gasteiger partial charge is 0.385 e. The van der Waals surface area contributed by atoms with E-state index < -0.39 is 5.60 Å².